The van der Waals surface area contributed by atoms with E-state index < -0.39 is 30.5 Å². The summed E-state index contributed by atoms with van der Waals surface area (Å²) in [5.74, 6) is 7.96. The molecule has 5 unspecified atom stereocenters. The summed E-state index contributed by atoms with van der Waals surface area (Å²) in [5, 5.41) is 40.3. The number of allylic oxidation sites excluding steroid dienone is 1. The van der Waals surface area contributed by atoms with Gasteiger partial charge in [0.1, 0.15) is 41.5 Å². The molecule has 129 heavy (non-hydrogen) atoms. The fraction of sp³-hybridized carbons (Fsp3) is 0.412. The Hall–Kier alpha value is -10.0. The number of methoxy groups -OCH3 is 12. The number of rotatable bonds is 19. The first-order valence-corrected chi connectivity index (χ1v) is 52.2. The molecule has 0 saturated heterocycles. The number of carbonyl (C=O) groups excluding carboxylic acids is 4. The molecule has 0 spiro atoms. The number of ketones is 3. The predicted molar refractivity (Wildman–Crippen MR) is 498 cm³/mol. The van der Waals surface area contributed by atoms with Crippen molar-refractivity contribution in [2.24, 2.45) is 5.92 Å². The number of hydrogen-bond donors (Lipinski definition) is 4. The normalized spacial score (nSPS) is 17.5. The molecule has 9 aromatic carbocycles. The van der Waals surface area contributed by atoms with E-state index in [-0.39, 0.29) is 35.3 Å². The van der Waals surface area contributed by atoms with Gasteiger partial charge in [0, 0.05) is 28.7 Å². The van der Waals surface area contributed by atoms with Crippen molar-refractivity contribution in [1.82, 2.24) is 0 Å². The topological polar surface area (TPSA) is 278 Å². The average Bonchev–Trinajstić information content (AvgIpc) is 0.762. The second kappa shape index (κ2) is 47.2. The van der Waals surface area contributed by atoms with Gasteiger partial charge in [0.05, 0.1) is 121 Å². The molecule has 0 fully saturated rings. The molecular formula is C102H118Cl4O22Ti. The van der Waals surface area contributed by atoms with E-state index >= 15 is 0 Å². The standard InChI is InChI=1S/C26H30O5.C22H26O5.C22H24O5.C12H14O2.C10H12O4.C10H12O.4ClH.Ti/c1-29-24-10-16(11-25(30-2)26(24)31-3)8-9-22(27)21-14-19-12-17-6-4-5-7-18(17)13-20(19)15-23(21)28;2*1-24-20-10-15(11-21(25-2)22(20)26-3)18-12-17(23)16-8-13-6-4-5-7-14(13)9-19(16)27-18;1-8(13)11-6-9-4-2-3-5-10(9)7-12(11)14;1-12-8-4-7(6-11)5-9(13-2)10(8)14-3;11-10-6-5-8-3-1-2-4-9(8)7-10;;;;;/h8-13,21,23,28H,4-7,14-15H2,1-3H3;8-11,17-18,23H,4-7,12H2,1-3H3;8-11,18H,4-7,12H2,1-3H3;6-7,14H,2-5H2,1H3;4-6H,1-3H3;5-7,11H,1-4H2;4*1H;/q;;;;;;;;;;+4/p-4/b9-8+;;;;;;;;;;. The fourth-order valence-electron chi connectivity index (χ4n) is 17.9. The number of halogens is 4. The molecule has 22 nitrogen and oxygen atoms in total. The quantitative estimate of drug-likeness (QED) is 0.0253. The van der Waals surface area contributed by atoms with Crippen molar-refractivity contribution in [2.75, 3.05) is 85.3 Å². The van der Waals surface area contributed by atoms with Crippen molar-refractivity contribution in [1.29, 1.82) is 0 Å². The molecule has 0 saturated carbocycles. The Balaban J connectivity index is 0.000000153. The Morgan fingerprint density at radius 3 is 1.18 bits per heavy atom. The average molecular weight is 1890 g/mol. The van der Waals surface area contributed by atoms with E-state index in [1.54, 1.807) is 113 Å². The summed E-state index contributed by atoms with van der Waals surface area (Å²) in [5.41, 5.74) is 20.8. The number of phenolic OH excluding ortho intramolecular Hbond substituents is 2. The summed E-state index contributed by atoms with van der Waals surface area (Å²) in [4.78, 5) is 47.6. The number of aryl methyl sites for hydroxylation is 10. The maximum atomic E-state index is 13.0. The van der Waals surface area contributed by atoms with Crippen LogP contribution >= 0.6 is 37.2 Å². The van der Waals surface area contributed by atoms with Crippen molar-refractivity contribution < 1.29 is 118 Å². The molecule has 27 heteroatoms. The predicted octanol–water partition coefficient (Wildman–Crippen LogP) is 21.4. The third kappa shape index (κ3) is 25.6. The molecule has 5 atom stereocenters. The molecule has 0 bridgehead atoms. The number of fused-ring (bicyclic) bond motifs is 8. The van der Waals surface area contributed by atoms with Crippen LogP contribution in [0.5, 0.6) is 92.0 Å². The van der Waals surface area contributed by atoms with Crippen LogP contribution in [-0.4, -0.2) is 135 Å². The van der Waals surface area contributed by atoms with E-state index in [1.165, 1.54) is 166 Å². The summed E-state index contributed by atoms with van der Waals surface area (Å²) in [6.45, 7) is 1.49. The van der Waals surface area contributed by atoms with Crippen LogP contribution in [0.25, 0.3) is 6.08 Å². The molecule has 2 heterocycles. The van der Waals surface area contributed by atoms with Crippen LogP contribution in [-0.2, 0) is 94.2 Å². The number of aldehydes is 1. The Morgan fingerprint density at radius 2 is 0.752 bits per heavy atom. The molecule has 17 rings (SSSR count). The number of benzene rings is 9. The Labute approximate surface area is 775 Å². The number of phenols is 2. The SMILES string of the molecule is CC(=O)c1cc2c(cc1O)CCCC2.COc1cc(/C=C/C(=O)C2Cc3cc4c(cc3CC2O)CCCC4)cc(OC)c1OC.COc1cc(C2CC(=O)c3cc4c(cc3O2)CCCC4)cc(OC)c1OC.COc1cc(C2CC(O)c3cc4c(cc3O2)CCCC4)cc(OC)c1OC.COc1cc(C=O)cc(OC)c1OC.Oc1ccc2c(c1)CCCC2.[Cl][Ti]([Cl])([Cl])[Cl]. The van der Waals surface area contributed by atoms with Crippen molar-refractivity contribution in [3.63, 3.8) is 0 Å². The van der Waals surface area contributed by atoms with Gasteiger partial charge in [-0.3, -0.25) is 19.2 Å². The first-order valence-electron chi connectivity index (χ1n) is 43.6. The zero-order valence-corrected chi connectivity index (χ0v) is 80.3. The molecule has 4 N–H and O–H groups in total. The zero-order valence-electron chi connectivity index (χ0n) is 75.7. The van der Waals surface area contributed by atoms with Gasteiger partial charge in [-0.15, -0.1) is 0 Å². The number of Topliss-reactive ketones (excluding diaryl/α,β-unsaturated/α-hetero) is 2. The van der Waals surface area contributed by atoms with Gasteiger partial charge in [0.15, 0.2) is 63.3 Å². The van der Waals surface area contributed by atoms with Gasteiger partial charge in [0.2, 0.25) is 23.0 Å². The summed E-state index contributed by atoms with van der Waals surface area (Å²) >= 11 is -3.11. The van der Waals surface area contributed by atoms with E-state index in [4.69, 9.17) is 104 Å². The molecule has 0 aromatic heterocycles. The van der Waals surface area contributed by atoms with E-state index in [2.05, 4.69) is 30.3 Å². The van der Waals surface area contributed by atoms with Crippen LogP contribution < -0.4 is 66.3 Å². The van der Waals surface area contributed by atoms with E-state index in [0.717, 1.165) is 92.1 Å². The van der Waals surface area contributed by atoms with Crippen molar-refractivity contribution >= 4 is 66.9 Å². The molecule has 8 aliphatic rings. The van der Waals surface area contributed by atoms with Crippen LogP contribution in [0.15, 0.2) is 121 Å². The van der Waals surface area contributed by atoms with Crippen molar-refractivity contribution in [3.8, 4) is 92.0 Å². The van der Waals surface area contributed by atoms with E-state index in [1.807, 2.05) is 48.5 Å². The summed E-state index contributed by atoms with van der Waals surface area (Å²) in [6, 6.07) is 36.5. The minimum atomic E-state index is -3.11. The number of aliphatic hydroxyl groups excluding tert-OH is 2. The van der Waals surface area contributed by atoms with Crippen LogP contribution in [0.3, 0.4) is 0 Å². The molecule has 0 amide bonds. The van der Waals surface area contributed by atoms with Crippen LogP contribution in [0.4, 0.5) is 0 Å². The van der Waals surface area contributed by atoms with E-state index in [9.17, 15) is 39.6 Å². The van der Waals surface area contributed by atoms with Gasteiger partial charge < -0.3 is 86.7 Å². The Bertz CT molecular complexity index is 5360. The van der Waals surface area contributed by atoms with Gasteiger partial charge in [-0.25, -0.2) is 0 Å². The number of hydrogen-bond acceptors (Lipinski definition) is 22. The molecule has 0 radical (unpaired) electrons. The second-order valence-electron chi connectivity index (χ2n) is 32.6. The molecule has 6 aliphatic carbocycles. The van der Waals surface area contributed by atoms with Gasteiger partial charge in [-0.2, -0.15) is 0 Å². The Morgan fingerprint density at radius 1 is 0.395 bits per heavy atom. The molecular weight excluding hydrogens is 1770 g/mol. The number of aliphatic hydroxyl groups is 2. The third-order valence-electron chi connectivity index (χ3n) is 24.5. The minimum absolute atomic E-state index is 0.0594. The van der Waals surface area contributed by atoms with Gasteiger partial charge in [-0.05, 0) is 324 Å². The van der Waals surface area contributed by atoms with Crippen molar-refractivity contribution in [2.45, 2.75) is 185 Å². The molecule has 690 valence electrons. The number of aromatic hydroxyl groups is 2. The maximum absolute atomic E-state index is 13.0. The molecule has 9 aromatic rings. The summed E-state index contributed by atoms with van der Waals surface area (Å²) < 4.78 is 76.5. The first kappa shape index (κ1) is 99.6. The van der Waals surface area contributed by atoms with Crippen LogP contribution in [0.2, 0.25) is 0 Å². The Kier molecular flexibility index (Phi) is 36.4. The fourth-order valence-corrected chi connectivity index (χ4v) is 17.9. The second-order valence-corrected chi connectivity index (χ2v) is 48.1. The van der Waals surface area contributed by atoms with E-state index in [0.29, 0.717) is 123 Å². The summed E-state index contributed by atoms with van der Waals surface area (Å²) in [7, 11) is 38.8. The first-order chi connectivity index (χ1) is 62.1. The third-order valence-corrected chi connectivity index (χ3v) is 24.5. The van der Waals surface area contributed by atoms with Crippen molar-refractivity contribution in [3.05, 3.63) is 227 Å². The zero-order chi connectivity index (χ0) is 92.8. The monoisotopic (exact) mass is 1880 g/mol. The van der Waals surface area contributed by atoms with Gasteiger partial charge in [0.25, 0.3) is 0 Å². The van der Waals surface area contributed by atoms with Gasteiger partial charge >= 0.3 is 49.6 Å². The number of carbonyl (C=O) groups is 4. The van der Waals surface area contributed by atoms with Crippen LogP contribution in [0.1, 0.15) is 222 Å². The van der Waals surface area contributed by atoms with Gasteiger partial charge in [-0.1, -0.05) is 24.3 Å². The summed E-state index contributed by atoms with van der Waals surface area (Å²) in [6.07, 6.45) is 27.2. The number of ether oxygens (including phenoxy) is 14. The molecule has 2 aliphatic heterocycles. The van der Waals surface area contributed by atoms with Crippen LogP contribution in [0, 0.1) is 5.92 Å².